The molecule has 9 aromatic heterocycles. The van der Waals surface area contributed by atoms with Gasteiger partial charge in [-0.2, -0.15) is 0 Å². The van der Waals surface area contributed by atoms with Crippen molar-refractivity contribution in [2.75, 3.05) is 0 Å². The molecule has 6 N–H and O–H groups in total. The molecule has 0 amide bonds. The van der Waals surface area contributed by atoms with E-state index in [0.717, 1.165) is 336 Å². The van der Waals surface area contributed by atoms with Crippen LogP contribution in [0.2, 0.25) is 0 Å². The number of allylic oxidation sites excluding steroid dienone is 6. The van der Waals surface area contributed by atoms with Gasteiger partial charge in [0.2, 0.25) is 0 Å². The van der Waals surface area contributed by atoms with E-state index in [0.29, 0.717) is 53.4 Å². The molecule has 0 saturated carbocycles. The number of carbonyl (C=O) groups is 3. The Balaban J connectivity index is 0.000000176. The Morgan fingerprint density at radius 3 is 0.562 bits per heavy atom. The fraction of sp³-hybridized carbons (Fsp3) is 0.432. The fourth-order valence-electron chi connectivity index (χ4n) is 22.2. The summed E-state index contributed by atoms with van der Waals surface area (Å²) in [5, 5.41) is 33.1. The first kappa shape index (κ1) is 97.9. The number of hydrogen-bond acceptors (Lipinski definition) is 9. The maximum Gasteiger partial charge on any atom is 3.00 e. The maximum absolute atomic E-state index is 13.5. The molecule has 6 aliphatic heterocycles. The van der Waals surface area contributed by atoms with E-state index >= 15 is 0 Å². The molecule has 15 heterocycles. The van der Waals surface area contributed by atoms with Crippen LogP contribution in [0.3, 0.4) is 0 Å². The van der Waals surface area contributed by atoms with E-state index < -0.39 is 17.9 Å². The molecular weight excluding hydrogens is 1700 g/mol. The minimum Gasteiger partial charge on any atom is -0.478 e. The molecule has 6 aliphatic rings. The van der Waals surface area contributed by atoms with Gasteiger partial charge in [0, 0.05) is 103 Å². The molecule has 0 aromatic carbocycles. The molecule has 684 valence electrons. The molecule has 18 nitrogen and oxygen atoms in total. The molecule has 0 saturated heterocycles. The van der Waals surface area contributed by atoms with Crippen molar-refractivity contribution in [2.24, 2.45) is 0 Å². The van der Waals surface area contributed by atoms with Gasteiger partial charge >= 0.3 is 37.4 Å². The van der Waals surface area contributed by atoms with Gasteiger partial charge < -0.3 is 44.0 Å². The molecule has 130 heavy (non-hydrogen) atoms. The van der Waals surface area contributed by atoms with Crippen molar-refractivity contribution in [2.45, 2.75) is 321 Å². The smallest absolute Gasteiger partial charge is 0.478 e. The van der Waals surface area contributed by atoms with E-state index in [9.17, 15) is 29.7 Å². The van der Waals surface area contributed by atoms with Crippen molar-refractivity contribution in [3.63, 3.8) is 0 Å². The molecule has 0 spiro atoms. The van der Waals surface area contributed by atoms with Gasteiger partial charge in [0.25, 0.3) is 0 Å². The van der Waals surface area contributed by atoms with Crippen LogP contribution in [0.4, 0.5) is 0 Å². The van der Waals surface area contributed by atoms with E-state index in [1.807, 2.05) is 0 Å². The van der Waals surface area contributed by atoms with Gasteiger partial charge in [-0.15, -0.1) is 0 Å². The van der Waals surface area contributed by atoms with E-state index in [1.165, 1.54) is 33.4 Å². The van der Waals surface area contributed by atoms with Gasteiger partial charge in [-0.1, -0.05) is 145 Å². The Hall–Kier alpha value is -11.2. The molecule has 0 fully saturated rings. The van der Waals surface area contributed by atoms with Crippen molar-refractivity contribution < 1.29 is 49.2 Å². The van der Waals surface area contributed by atoms with Crippen LogP contribution in [0, 0.1) is 0 Å². The van der Waals surface area contributed by atoms with Gasteiger partial charge in [-0.05, 0) is 295 Å². The number of rotatable bonds is 27. The average Bonchev–Trinajstić information content (AvgIpc) is 1.58. The standard InChI is InChI=1S/3C37H46N4O2.Rh/c3*1-9-21-22(10-2)34-32(37(42)43)36-24(12-4)23(11-3)35(41(36)16-8)27(15-7)31-20-18-29(39-31)25(13-5)28-17-19-30(38-28)26(14-6)33(21)40-34;/h3*17-20,38H,9-16H2,1-8H3,(H,42,43);/q;;;+3. The number of fused-ring (bicyclic) bond motifs is 24. The third-order valence-corrected chi connectivity index (χ3v) is 27.8. The Morgan fingerprint density at radius 1 is 0.223 bits per heavy atom. The monoisotopic (exact) mass is 1840 g/mol. The minimum absolute atomic E-state index is 0. The number of carboxylic acid groups (broad SMARTS) is 3. The third kappa shape index (κ3) is 16.7. The van der Waals surface area contributed by atoms with Crippen LogP contribution < -0.4 is 0 Å². The zero-order chi connectivity index (χ0) is 93.0. The van der Waals surface area contributed by atoms with Gasteiger partial charge in [-0.25, -0.2) is 44.3 Å². The number of hydrogen-bond donors (Lipinski definition) is 6. The van der Waals surface area contributed by atoms with Gasteiger partial charge in [0.05, 0.1) is 101 Å². The molecule has 19 heteroatoms. The second-order valence-corrected chi connectivity index (χ2v) is 33.8. The predicted molar refractivity (Wildman–Crippen MR) is 541 cm³/mol. The average molecular weight is 1840 g/mol. The van der Waals surface area contributed by atoms with Crippen LogP contribution in [0.25, 0.3) is 136 Å². The summed E-state index contributed by atoms with van der Waals surface area (Å²) in [6, 6.07) is 12.9. The van der Waals surface area contributed by atoms with Crippen LogP contribution in [0.15, 0.2) is 36.4 Å². The SMILES string of the molecule is CCC1=C(CC)c2nc1c(CC)c1ccc([nH]1)c(CC)c1nc(c(CC)c3c(CC)c(CC)c(c2C(=O)O)n3CC)C=C1.CCC1=C(CC)c2nc1c(CC)c1ccc([nH]1)c(CC)c1nc(c(CC)c3c(CC)c(CC)c(c2C(=O)O)n3CC)C=C1.CCC1=C(CC)c2nc1c(CC)c1ccc([nH]1)c(CC)c1nc(c(CC)c3c(CC)c(CC)c(c2C(=O)O)n3CC)C=C1.[Rh+3]. The summed E-state index contributed by atoms with van der Waals surface area (Å²) >= 11 is 0. The summed E-state index contributed by atoms with van der Waals surface area (Å²) in [6.07, 6.45) is 29.3. The molecule has 15 rings (SSSR count). The maximum atomic E-state index is 13.5. The second kappa shape index (κ2) is 41.9. The number of aromatic carboxylic acids is 3. The van der Waals surface area contributed by atoms with Crippen LogP contribution >= 0.6 is 0 Å². The predicted octanol–water partition coefficient (Wildman–Crippen LogP) is 27.7. The molecular formula is C111H138N12O6Rh+3. The number of aryl methyl sites for hydroxylation is 18. The molecule has 0 aliphatic carbocycles. The Bertz CT molecular complexity index is 6140. The fourth-order valence-corrected chi connectivity index (χ4v) is 22.2. The van der Waals surface area contributed by atoms with Crippen molar-refractivity contribution in [1.29, 1.82) is 0 Å². The third-order valence-electron chi connectivity index (χ3n) is 27.8. The first-order chi connectivity index (χ1) is 62.5. The molecule has 0 unspecified atom stereocenters. The zero-order valence-corrected chi connectivity index (χ0v) is 83.5. The normalized spacial score (nSPS) is 12.8. The summed E-state index contributed by atoms with van der Waals surface area (Å²) < 4.78 is 6.76. The Morgan fingerprint density at radius 2 is 0.392 bits per heavy atom. The van der Waals surface area contributed by atoms with E-state index in [-0.39, 0.29) is 19.5 Å². The van der Waals surface area contributed by atoms with E-state index in [1.54, 1.807) is 0 Å². The van der Waals surface area contributed by atoms with Crippen molar-refractivity contribution >= 4 is 154 Å². The Kier molecular flexibility index (Phi) is 31.6. The largest absolute Gasteiger partial charge is 3.00 e. The number of H-pyrrole nitrogens is 3. The quantitative estimate of drug-likeness (QED) is 0.0263. The first-order valence-corrected chi connectivity index (χ1v) is 48.9. The zero-order valence-electron chi connectivity index (χ0n) is 81.8. The van der Waals surface area contributed by atoms with E-state index in [4.69, 9.17) is 29.9 Å². The van der Waals surface area contributed by atoms with Gasteiger partial charge in [0.15, 0.2) is 0 Å². The van der Waals surface area contributed by atoms with Gasteiger partial charge in [0.1, 0.15) is 16.7 Å². The van der Waals surface area contributed by atoms with Crippen LogP contribution in [0.1, 0.15) is 388 Å². The van der Waals surface area contributed by atoms with Crippen LogP contribution in [-0.4, -0.2) is 91.8 Å². The summed E-state index contributed by atoms with van der Waals surface area (Å²) in [7, 11) is 0. The van der Waals surface area contributed by atoms with Gasteiger partial charge in [-0.3, -0.25) is 0 Å². The van der Waals surface area contributed by atoms with Crippen LogP contribution in [-0.2, 0) is 135 Å². The van der Waals surface area contributed by atoms with Crippen molar-refractivity contribution in [3.8, 4) is 0 Å². The molecule has 0 atom stereocenters. The van der Waals surface area contributed by atoms with Crippen LogP contribution in [0.5, 0.6) is 0 Å². The van der Waals surface area contributed by atoms with Crippen molar-refractivity contribution in [1.82, 2.24) is 58.6 Å². The topological polar surface area (TPSA) is 251 Å². The summed E-state index contributed by atoms with van der Waals surface area (Å²) in [4.78, 5) is 83.0. The summed E-state index contributed by atoms with van der Waals surface area (Å²) in [6.45, 7) is 53.7. The number of nitrogens with zero attached hydrogens (tertiary/aromatic N) is 9. The second-order valence-electron chi connectivity index (χ2n) is 33.8. The number of carboxylic acids is 3. The number of aromatic amines is 3. The number of aromatic nitrogens is 12. The number of nitrogens with one attached hydrogen (secondary N) is 3. The molecule has 0 radical (unpaired) electrons. The summed E-state index contributed by atoms with van der Waals surface area (Å²) in [5.74, 6) is -2.77. The minimum atomic E-state index is -0.923. The molecule has 9 aromatic rings. The van der Waals surface area contributed by atoms with E-state index in [2.05, 4.69) is 268 Å². The summed E-state index contributed by atoms with van der Waals surface area (Å²) in [5.41, 5.74) is 47.5. The Labute approximate surface area is 782 Å². The van der Waals surface area contributed by atoms with Crippen molar-refractivity contribution in [3.05, 3.63) is 205 Å². The first-order valence-electron chi connectivity index (χ1n) is 48.9. The molecule has 24 bridgehead atoms.